The molecular weight excluding hydrogens is 1630 g/mol. The van der Waals surface area contributed by atoms with Crippen LogP contribution in [-0.4, -0.2) is 246 Å². The second-order valence-corrected chi connectivity index (χ2v) is 36.0. The lowest BCUT2D eigenvalue weighted by molar-refractivity contribution is -0.175. The largest absolute Gasteiger partial charge is 0.459 e. The number of esters is 4. The van der Waals surface area contributed by atoms with Crippen molar-refractivity contribution >= 4 is 68.9 Å². The number of benzene rings is 2. The van der Waals surface area contributed by atoms with Crippen LogP contribution in [0.5, 0.6) is 0 Å². The molecule has 6 aromatic rings. The first kappa shape index (κ1) is 100. The van der Waals surface area contributed by atoms with Crippen LogP contribution in [0, 0.1) is 27.1 Å². The molecule has 2 amide bonds. The molecule has 0 saturated carbocycles. The maximum absolute atomic E-state index is 15.8. The molecule has 0 saturated heterocycles. The minimum Gasteiger partial charge on any atom is -0.459 e. The zero-order valence-corrected chi connectivity index (χ0v) is 75.2. The third kappa shape index (κ3) is 33.2. The Hall–Kier alpha value is -8.01. The van der Waals surface area contributed by atoms with Crippen LogP contribution in [-0.2, 0) is 141 Å². The van der Waals surface area contributed by atoms with E-state index in [0.717, 1.165) is 36.0 Å². The number of carbonyl (C=O) groups is 6. The lowest BCUT2D eigenvalue weighted by Crippen LogP contribution is -2.50. The second-order valence-electron chi connectivity index (χ2n) is 33.4. The van der Waals surface area contributed by atoms with Gasteiger partial charge in [-0.2, -0.15) is 0 Å². The van der Waals surface area contributed by atoms with Crippen molar-refractivity contribution in [2.45, 2.75) is 228 Å². The summed E-state index contributed by atoms with van der Waals surface area (Å²) in [7, 11) is 3.34. The summed E-state index contributed by atoms with van der Waals surface area (Å²) in [5.41, 5.74) is -4.86. The Morgan fingerprint density at radius 2 is 1.05 bits per heavy atom. The number of halogens is 2. The van der Waals surface area contributed by atoms with Gasteiger partial charge in [0.15, 0.2) is 0 Å². The van der Waals surface area contributed by atoms with Gasteiger partial charge in [0.2, 0.25) is 21.8 Å². The van der Waals surface area contributed by atoms with Gasteiger partial charge in [-0.1, -0.05) is 122 Å². The van der Waals surface area contributed by atoms with Crippen LogP contribution < -0.4 is 15.4 Å². The molecule has 5 heterocycles. The number of aliphatic hydroxyl groups excluding tert-OH is 1. The molecule has 6 unspecified atom stereocenters. The molecule has 2 aromatic carbocycles. The number of nitrogens with zero attached hydrogens (tertiary/aromatic N) is 14. The van der Waals surface area contributed by atoms with E-state index in [1.165, 1.54) is 66.1 Å². The van der Waals surface area contributed by atoms with Crippen LogP contribution in [0.3, 0.4) is 0 Å². The Morgan fingerprint density at radius 1 is 0.579 bits per heavy atom. The molecule has 4 N–H and O–H groups in total. The first-order valence-corrected chi connectivity index (χ1v) is 44.0. The second kappa shape index (κ2) is 49.5. The fraction of sp³-hybridized carbons (Fsp3) is 0.687. The molecule has 0 radical (unpaired) electrons. The highest BCUT2D eigenvalue weighted by Gasteiger charge is 2.56. The van der Waals surface area contributed by atoms with Gasteiger partial charge in [0, 0.05) is 80.7 Å². The predicted octanol–water partition coefficient (Wildman–Crippen LogP) is 8.63. The van der Waals surface area contributed by atoms with Crippen LogP contribution in [0.15, 0.2) is 66.1 Å². The monoisotopic (exact) mass is 1750 g/mol. The number of carbonyl (C=O) groups excluding carboxylic acids is 6. The normalized spacial score (nSPS) is 15.5. The van der Waals surface area contributed by atoms with Crippen molar-refractivity contribution in [3.63, 3.8) is 0 Å². The lowest BCUT2D eigenvalue weighted by atomic mass is 9.59. The first-order valence-electron chi connectivity index (χ1n) is 41.8. The summed E-state index contributed by atoms with van der Waals surface area (Å²) in [6.07, 6.45) is 13.4. The summed E-state index contributed by atoms with van der Waals surface area (Å²) in [4.78, 5) is 93.1. The number of ether oxygens (including phenoxy) is 9. The number of aliphatic hydroxyl groups is 1. The number of sulfonamides is 1. The summed E-state index contributed by atoms with van der Waals surface area (Å²) in [5, 5.41) is 51.2. The third-order valence-electron chi connectivity index (χ3n) is 21.2. The van der Waals surface area contributed by atoms with E-state index in [1.54, 1.807) is 96.3 Å². The topological polar surface area (TPSA) is 405 Å². The molecular formula is C83H129Cl2N17O18S. The molecule has 38 heteroatoms. The number of fused-ring (bicyclic) bond motifs is 1. The average Bonchev–Trinajstić information content (AvgIpc) is 1.11. The Kier molecular flexibility index (Phi) is 40.9. The van der Waals surface area contributed by atoms with Gasteiger partial charge in [-0.3, -0.25) is 38.1 Å². The van der Waals surface area contributed by atoms with E-state index in [4.69, 9.17) is 65.8 Å². The highest BCUT2D eigenvalue weighted by atomic mass is 35.5. The number of nitrogens with one attached hydrogen (secondary N) is 3. The summed E-state index contributed by atoms with van der Waals surface area (Å²) < 4.78 is 88.6. The number of rotatable bonds is 60. The number of unbranched alkanes of at least 4 members (excludes halogenated alkanes) is 7. The lowest BCUT2D eigenvalue weighted by Gasteiger charge is -2.44. The van der Waals surface area contributed by atoms with E-state index >= 15 is 14.4 Å². The Balaban J connectivity index is 1.13. The molecule has 0 aliphatic carbocycles. The third-order valence-corrected chi connectivity index (χ3v) is 23.3. The molecule has 0 fully saturated rings. The summed E-state index contributed by atoms with van der Waals surface area (Å²) in [6, 6.07) is 10.4. The van der Waals surface area contributed by atoms with Crippen LogP contribution in [0.4, 0.5) is 0 Å². The molecule has 6 atom stereocenters. The van der Waals surface area contributed by atoms with Crippen molar-refractivity contribution in [1.29, 1.82) is 0 Å². The van der Waals surface area contributed by atoms with Crippen LogP contribution in [0.2, 0.25) is 10.0 Å². The number of hydrogen-bond acceptors (Lipinski definition) is 28. The van der Waals surface area contributed by atoms with E-state index in [-0.39, 0.29) is 119 Å². The van der Waals surface area contributed by atoms with E-state index in [9.17, 15) is 27.9 Å². The maximum atomic E-state index is 15.8. The summed E-state index contributed by atoms with van der Waals surface area (Å²) >= 11 is 13.1. The molecule has 1 aliphatic heterocycles. The zero-order chi connectivity index (χ0) is 88.2. The fourth-order valence-corrected chi connectivity index (χ4v) is 16.6. The summed E-state index contributed by atoms with van der Waals surface area (Å²) in [6.45, 7) is 19.2. The fourth-order valence-electron chi connectivity index (χ4n) is 15.0. The van der Waals surface area contributed by atoms with Gasteiger partial charge in [0.05, 0.1) is 137 Å². The smallest absolute Gasteiger partial charge is 0.312 e. The van der Waals surface area contributed by atoms with Crippen LogP contribution >= 0.6 is 23.2 Å². The van der Waals surface area contributed by atoms with E-state index < -0.39 is 106 Å². The number of amides is 2. The molecule has 7 rings (SSSR count). The maximum Gasteiger partial charge on any atom is 0.312 e. The minimum absolute atomic E-state index is 0.000603. The zero-order valence-electron chi connectivity index (χ0n) is 72.9. The van der Waals surface area contributed by atoms with E-state index in [1.807, 2.05) is 38.2 Å². The molecule has 35 nitrogen and oxygen atoms in total. The predicted molar refractivity (Wildman–Crippen MR) is 449 cm³/mol. The average molecular weight is 1760 g/mol. The standard InChI is InChI=1S/C83H129Cl2N17O18S/c1-14-16-17-18-19-20-21-22-29-99-47-64(89-93-99)53-117-75(106)79(4,5)57-81(7,76(107)118-54-65-48-100(94-90-65)31-27-86-73(104)26-30-97(10)11)59-83(9,78(109)120-56-67-50-102(96-92-67)33-36-114-39-40-116-42-41-115-38-37-112-13)60-82(8,58-80(6,15-2)74(105)87-46-61(3)103)77(108)119-55-66-49-101(95-91-66)32-35-113-34-28-88-121(110,111)68-25-23-24-62(43-68)70-51-98(12)52-71-69(70)44-63(84)45-72(71)85/h23-25,43-45,47-50,61,70,88,103H,14-22,26-42,46,51-60H2,1-13H3,(H,86,104)(H,87,105). The SMILES string of the molecule is CCCCCCCCCCn1cc(COC(=O)C(C)(C)CC(C)(CC(C)(CC(C)(CC(C)(CC)C(=O)NCC(C)O)C(=O)OCc2cn(CCOCCNS(=O)(=O)c3cccc(C4CN(C)Cc5c(Cl)cc(Cl)cc54)c3)nn2)C(=O)OCc2cn(CCOCCOCCOCCOC)nn2)C(=O)OCc2cn(CCNC(=O)CCN(C)C)nn2)nn1. The molecule has 121 heavy (non-hydrogen) atoms. The Labute approximate surface area is 721 Å². The number of hydrogen-bond donors (Lipinski definition) is 4. The minimum atomic E-state index is -3.98. The van der Waals surface area contributed by atoms with E-state index in [2.05, 4.69) is 68.4 Å². The van der Waals surface area contributed by atoms with Gasteiger partial charge in [-0.15, -0.1) is 20.4 Å². The van der Waals surface area contributed by atoms with Gasteiger partial charge in [-0.25, -0.2) is 22.5 Å². The van der Waals surface area contributed by atoms with Crippen molar-refractivity contribution in [2.24, 2.45) is 27.1 Å². The van der Waals surface area contributed by atoms with Gasteiger partial charge in [-0.05, 0) is 142 Å². The van der Waals surface area contributed by atoms with Crippen molar-refractivity contribution in [1.82, 2.24) is 85.1 Å². The highest BCUT2D eigenvalue weighted by molar-refractivity contribution is 7.89. The number of aromatic nitrogens is 12. The van der Waals surface area contributed by atoms with Crippen molar-refractivity contribution in [3.8, 4) is 0 Å². The number of aryl methyl sites for hydroxylation is 1. The Bertz CT molecular complexity index is 4340. The van der Waals surface area contributed by atoms with Gasteiger partial charge in [0.25, 0.3) is 0 Å². The summed E-state index contributed by atoms with van der Waals surface area (Å²) in [5.74, 6) is -4.25. The van der Waals surface area contributed by atoms with Gasteiger partial charge >= 0.3 is 23.9 Å². The number of likely N-dealkylation sites (N-methyl/N-ethyl adjacent to an activating group) is 1. The highest BCUT2D eigenvalue weighted by Crippen LogP contribution is 2.52. The van der Waals surface area contributed by atoms with Crippen molar-refractivity contribution in [3.05, 3.63) is 111 Å². The molecule has 0 bridgehead atoms. The number of methoxy groups -OCH3 is 1. The van der Waals surface area contributed by atoms with Gasteiger partial charge < -0.3 is 68.2 Å². The van der Waals surface area contributed by atoms with E-state index in [0.29, 0.717) is 88.0 Å². The molecule has 1 aliphatic rings. The first-order chi connectivity index (χ1) is 57.6. The van der Waals surface area contributed by atoms with Crippen molar-refractivity contribution < 1.29 is 84.9 Å². The Morgan fingerprint density at radius 3 is 1.56 bits per heavy atom. The molecule has 0 spiro atoms. The van der Waals surface area contributed by atoms with Crippen LogP contribution in [0.25, 0.3) is 0 Å². The van der Waals surface area contributed by atoms with Crippen LogP contribution in [0.1, 0.15) is 198 Å². The van der Waals surface area contributed by atoms with Gasteiger partial charge in [0.1, 0.15) is 49.2 Å². The molecule has 674 valence electrons. The quantitative estimate of drug-likeness (QED) is 0.0158. The van der Waals surface area contributed by atoms with Crippen molar-refractivity contribution in [2.75, 3.05) is 120 Å². The molecule has 4 aromatic heterocycles.